The maximum Gasteiger partial charge on any atom is 0.514 e. The third-order valence-corrected chi connectivity index (χ3v) is 16.2. The largest absolute Gasteiger partial charge is 0.514 e. The summed E-state index contributed by atoms with van der Waals surface area (Å²) in [6.45, 7) is 13.0. The van der Waals surface area contributed by atoms with Crippen LogP contribution in [0.2, 0.25) is 0 Å². The van der Waals surface area contributed by atoms with E-state index < -0.39 is 107 Å². The van der Waals surface area contributed by atoms with E-state index in [9.17, 15) is 44.3 Å². The van der Waals surface area contributed by atoms with Crippen molar-refractivity contribution in [1.82, 2.24) is 4.90 Å². The van der Waals surface area contributed by atoms with E-state index in [1.165, 1.54) is 43.4 Å². The van der Waals surface area contributed by atoms with Crippen molar-refractivity contribution in [2.75, 3.05) is 27.9 Å². The summed E-state index contributed by atoms with van der Waals surface area (Å²) < 4.78 is 41.0. The molecule has 2 saturated heterocycles. The van der Waals surface area contributed by atoms with Crippen molar-refractivity contribution in [2.24, 2.45) is 41.2 Å². The second-order valence-electron chi connectivity index (χ2n) is 22.1. The molecular formula is C58H85N3O16. The average molecular weight is 1080 g/mol. The lowest BCUT2D eigenvalue weighted by Crippen LogP contribution is -2.61. The Kier molecular flexibility index (Phi) is 23.8. The van der Waals surface area contributed by atoms with Crippen LogP contribution in [0.5, 0.6) is 5.75 Å². The third-order valence-electron chi connectivity index (χ3n) is 16.2. The Bertz CT molecular complexity index is 2300. The zero-order chi connectivity index (χ0) is 56.7. The van der Waals surface area contributed by atoms with Gasteiger partial charge in [-0.05, 0) is 125 Å². The van der Waals surface area contributed by atoms with E-state index in [2.05, 4.69) is 0 Å². The molecule has 1 aromatic carbocycles. The minimum Gasteiger partial charge on any atom is -0.460 e. The molecule has 1 saturated carbocycles. The molecule has 0 aromatic heterocycles. The number of nitrogens with two attached hydrogens (primary N) is 1. The number of non-ortho nitro benzene ring substituents is 1. The average Bonchev–Trinajstić information content (AvgIpc) is 3.41. The summed E-state index contributed by atoms with van der Waals surface area (Å²) in [5, 5.41) is 34.7. The molecule has 428 valence electrons. The van der Waals surface area contributed by atoms with Gasteiger partial charge in [0.05, 0.1) is 23.2 Å². The Morgan fingerprint density at radius 2 is 1.60 bits per heavy atom. The molecule has 0 radical (unpaired) electrons. The Labute approximate surface area is 454 Å². The molecular weight excluding hydrogens is 995 g/mol. The van der Waals surface area contributed by atoms with Crippen LogP contribution in [0.1, 0.15) is 126 Å². The number of rotatable bonds is 9. The minimum atomic E-state index is -2.45. The standard InChI is InChI=1S/C58H85N3O16/c1-34-16-12-11-13-17-35(2)48(71-8)32-44-23-19-40(7)58(68,77-44)54(64)55(65)60-27-15-14-18-46(60)56(66)75-49(33-45(59)36(3)29-39(6)52(63)53(73-10)51(62)38(5)28-34)37(4)30-41-20-26-47(50(31-41)72-9)76-57(67)74-43-24-21-42(22-25-43)61(69)70/h11-13,16-17,21-22,24-25,29,34,36-38,40-41,44-50,52-53,63,68H,14-15,18-20,23,26-28,30-33,59H2,1-10H3/b13-11?,16-12+,35-17?,39-29+/t34-,36-,37-,38-,40-,41+,44+,45+,46+,47-,48+,49+,50-,52-,53+,58-/m1/s1. The minimum absolute atomic E-state index is 0.00743. The molecule has 3 aliphatic heterocycles. The number of nitrogens with zero attached hydrogens (tertiary/aromatic N) is 2. The highest BCUT2D eigenvalue weighted by Crippen LogP contribution is 2.38. The number of allylic oxidation sites excluding steroid dienone is 5. The summed E-state index contributed by atoms with van der Waals surface area (Å²) in [5.41, 5.74) is 8.18. The summed E-state index contributed by atoms with van der Waals surface area (Å²) in [6, 6.07) is 3.26. The molecule has 1 aromatic rings. The van der Waals surface area contributed by atoms with Crippen molar-refractivity contribution in [3.63, 3.8) is 0 Å². The van der Waals surface area contributed by atoms with Gasteiger partial charge in [0.1, 0.15) is 36.2 Å². The van der Waals surface area contributed by atoms with Crippen LogP contribution in [0.4, 0.5) is 10.5 Å². The van der Waals surface area contributed by atoms with E-state index in [0.29, 0.717) is 69.8 Å². The first-order valence-electron chi connectivity index (χ1n) is 27.4. The number of ketones is 2. The number of nitro groups is 1. The van der Waals surface area contributed by atoms with E-state index >= 15 is 0 Å². The van der Waals surface area contributed by atoms with Crippen LogP contribution in [0.15, 0.2) is 71.9 Å². The summed E-state index contributed by atoms with van der Waals surface area (Å²) in [6.07, 6.45) is 10.1. The summed E-state index contributed by atoms with van der Waals surface area (Å²) >= 11 is 0. The number of ether oxygens (including phenoxy) is 7. The number of amides is 1. The van der Waals surface area contributed by atoms with Gasteiger partial charge in [-0.2, -0.15) is 0 Å². The predicted molar refractivity (Wildman–Crippen MR) is 286 cm³/mol. The van der Waals surface area contributed by atoms with Gasteiger partial charge in [0.15, 0.2) is 5.78 Å². The summed E-state index contributed by atoms with van der Waals surface area (Å²) in [5.74, 6) is -7.38. The number of benzene rings is 1. The molecule has 4 aliphatic rings. The van der Waals surface area contributed by atoms with Gasteiger partial charge in [0, 0.05) is 70.7 Å². The topological polar surface area (TPSA) is 263 Å². The van der Waals surface area contributed by atoms with E-state index in [-0.39, 0.29) is 54.4 Å². The quantitative estimate of drug-likeness (QED) is 0.0527. The number of piperidine rings is 1. The van der Waals surface area contributed by atoms with Gasteiger partial charge >= 0.3 is 12.1 Å². The molecule has 2 bridgehead atoms. The fourth-order valence-electron chi connectivity index (χ4n) is 11.3. The predicted octanol–water partition coefficient (Wildman–Crippen LogP) is 8.07. The monoisotopic (exact) mass is 1080 g/mol. The number of Topliss-reactive ketones (excluding diaryl/α,β-unsaturated/α-hetero) is 2. The molecule has 16 atom stereocenters. The van der Waals surface area contributed by atoms with Gasteiger partial charge in [0.2, 0.25) is 5.79 Å². The number of hydrogen-bond acceptors (Lipinski definition) is 17. The maximum atomic E-state index is 14.7. The first-order valence-corrected chi connectivity index (χ1v) is 27.4. The van der Waals surface area contributed by atoms with Crippen molar-refractivity contribution in [1.29, 1.82) is 0 Å². The summed E-state index contributed by atoms with van der Waals surface area (Å²) in [7, 11) is 4.49. The number of methoxy groups -OCH3 is 3. The smallest absolute Gasteiger partial charge is 0.460 e. The Morgan fingerprint density at radius 1 is 0.883 bits per heavy atom. The molecule has 3 fully saturated rings. The second-order valence-corrected chi connectivity index (χ2v) is 22.1. The van der Waals surface area contributed by atoms with E-state index in [1.54, 1.807) is 27.0 Å². The Balaban J connectivity index is 1.42. The molecule has 5 rings (SSSR count). The van der Waals surface area contributed by atoms with Gasteiger partial charge in [0.25, 0.3) is 17.4 Å². The number of fused-ring (bicyclic) bond motifs is 3. The summed E-state index contributed by atoms with van der Waals surface area (Å²) in [4.78, 5) is 81.9. The second kappa shape index (κ2) is 29.2. The first kappa shape index (κ1) is 62.7. The van der Waals surface area contributed by atoms with Crippen molar-refractivity contribution < 1.29 is 72.3 Å². The Hall–Kier alpha value is -5.15. The van der Waals surface area contributed by atoms with E-state index in [1.807, 2.05) is 65.0 Å². The van der Waals surface area contributed by atoms with Gasteiger partial charge in [-0.15, -0.1) is 0 Å². The van der Waals surface area contributed by atoms with Crippen LogP contribution in [-0.2, 0) is 47.6 Å². The number of carbonyl (C=O) groups excluding carboxylic acids is 5. The molecule has 0 spiro atoms. The first-order chi connectivity index (χ1) is 36.5. The van der Waals surface area contributed by atoms with Crippen molar-refractivity contribution in [2.45, 2.75) is 186 Å². The van der Waals surface area contributed by atoms with Gasteiger partial charge in [-0.25, -0.2) is 9.59 Å². The SMILES string of the molecule is CO[C@H]1C[C@@H]2CC[C@@H](C)[C@@](O)(O2)C(=O)C(=O)N2CCCC[C@H]2C(=O)O[C@H]([C@H](C)C[C@@H]2CC[C@@H](OC(=O)Oc3ccc([N+](=O)[O-])cc3)[C@H](OC)C2)C[C@H](N)[C@H](C)/C=C(\C)[C@@H](O)[C@@H](OC)C(=O)[C@H](C)C[C@H](C)/C=C/C=CC=C1C. The highest BCUT2D eigenvalue weighted by molar-refractivity contribution is 6.39. The molecule has 0 unspecified atom stereocenters. The van der Waals surface area contributed by atoms with Crippen molar-refractivity contribution >= 4 is 35.3 Å². The molecule has 4 N–H and O–H groups in total. The normalized spacial score (nSPS) is 35.6. The number of aliphatic hydroxyl groups is 2. The van der Waals surface area contributed by atoms with Gasteiger partial charge in [-0.3, -0.25) is 24.5 Å². The van der Waals surface area contributed by atoms with Crippen LogP contribution in [0.25, 0.3) is 0 Å². The Morgan fingerprint density at radius 3 is 2.26 bits per heavy atom. The zero-order valence-electron chi connectivity index (χ0n) is 46.7. The maximum absolute atomic E-state index is 14.7. The van der Waals surface area contributed by atoms with E-state index in [4.69, 9.17) is 38.9 Å². The fraction of sp³-hybridized carbons (Fsp3) is 0.672. The van der Waals surface area contributed by atoms with Gasteiger partial charge in [-0.1, -0.05) is 71.1 Å². The van der Waals surface area contributed by atoms with E-state index in [0.717, 1.165) is 5.57 Å². The number of hydrogen-bond donors (Lipinski definition) is 3. The lowest BCUT2D eigenvalue weighted by atomic mass is 9.78. The van der Waals surface area contributed by atoms with Crippen LogP contribution in [0, 0.1) is 45.6 Å². The number of carbonyl (C=O) groups is 5. The molecule has 19 nitrogen and oxygen atoms in total. The zero-order valence-corrected chi connectivity index (χ0v) is 46.7. The highest BCUT2D eigenvalue weighted by Gasteiger charge is 2.53. The van der Waals surface area contributed by atoms with Crippen LogP contribution in [-0.4, -0.2) is 138 Å². The van der Waals surface area contributed by atoms with Crippen LogP contribution >= 0.6 is 0 Å². The number of esters is 1. The number of aliphatic hydroxyl groups excluding tert-OH is 1. The fourth-order valence-corrected chi connectivity index (χ4v) is 11.3. The number of cyclic esters (lactones) is 1. The molecule has 1 amide bonds. The van der Waals surface area contributed by atoms with Crippen LogP contribution < -0.4 is 10.5 Å². The van der Waals surface area contributed by atoms with Crippen LogP contribution in [0.3, 0.4) is 0 Å². The molecule has 3 heterocycles. The molecule has 19 heteroatoms. The highest BCUT2D eigenvalue weighted by atomic mass is 16.7. The van der Waals surface area contributed by atoms with Crippen molar-refractivity contribution in [3.05, 3.63) is 82.0 Å². The molecule has 77 heavy (non-hydrogen) atoms. The number of nitro benzene ring substituents is 1. The third kappa shape index (κ3) is 16.9. The lowest BCUT2D eigenvalue weighted by molar-refractivity contribution is -0.384. The molecule has 1 aliphatic carbocycles. The van der Waals surface area contributed by atoms with Gasteiger partial charge < -0.3 is 54.0 Å². The van der Waals surface area contributed by atoms with Crippen molar-refractivity contribution in [3.8, 4) is 5.75 Å². The lowest BCUT2D eigenvalue weighted by Gasteiger charge is -2.43.